The third-order valence-corrected chi connectivity index (χ3v) is 6.05. The molecule has 1 saturated heterocycles. The zero-order valence-corrected chi connectivity index (χ0v) is 20.3. The molecule has 0 bridgehead atoms. The highest BCUT2D eigenvalue weighted by molar-refractivity contribution is 5.97. The molecule has 0 saturated carbocycles. The van der Waals surface area contributed by atoms with E-state index in [1.165, 1.54) is 0 Å². The van der Waals surface area contributed by atoms with E-state index in [0.29, 0.717) is 29.4 Å². The number of nitrogens with zero attached hydrogens (tertiary/aromatic N) is 3. The fourth-order valence-electron chi connectivity index (χ4n) is 4.25. The SMILES string of the molecule is COc1ccc(N2C(=O)CCC(C(=O)OCc3nc(C(C)C)no3)C2c2ccccc2OC)cc1. The number of carbonyl (C=O) groups is 2. The third-order valence-electron chi connectivity index (χ3n) is 6.05. The molecule has 2 heterocycles. The van der Waals surface area contributed by atoms with Gasteiger partial charge in [0, 0.05) is 23.6 Å². The standard InChI is InChI=1S/C26H29N3O6/c1-16(2)25-27-22(35-28-25)15-34-26(31)20-13-14-23(30)29(17-9-11-18(32-3)12-10-17)24(20)19-7-5-6-8-21(19)33-4/h5-12,16,20,24H,13-15H2,1-4H3. The van der Waals surface area contributed by atoms with Crippen molar-refractivity contribution in [2.45, 2.75) is 45.3 Å². The van der Waals surface area contributed by atoms with Crippen LogP contribution in [0.25, 0.3) is 0 Å². The molecular formula is C26H29N3O6. The molecule has 1 amide bonds. The molecule has 0 radical (unpaired) electrons. The van der Waals surface area contributed by atoms with Gasteiger partial charge in [0.1, 0.15) is 11.5 Å². The van der Waals surface area contributed by atoms with Crippen molar-refractivity contribution in [1.29, 1.82) is 0 Å². The first-order valence-corrected chi connectivity index (χ1v) is 11.5. The number of hydrogen-bond acceptors (Lipinski definition) is 8. The minimum Gasteiger partial charge on any atom is -0.497 e. The topological polar surface area (TPSA) is 104 Å². The van der Waals surface area contributed by atoms with Gasteiger partial charge in [-0.2, -0.15) is 4.98 Å². The summed E-state index contributed by atoms with van der Waals surface area (Å²) < 4.78 is 21.7. The molecule has 0 spiro atoms. The average Bonchev–Trinajstić information content (AvgIpc) is 3.37. The van der Waals surface area contributed by atoms with Crippen molar-refractivity contribution in [2.24, 2.45) is 5.92 Å². The van der Waals surface area contributed by atoms with Crippen LogP contribution in [0.3, 0.4) is 0 Å². The van der Waals surface area contributed by atoms with Crippen LogP contribution in [-0.2, 0) is 20.9 Å². The number of anilines is 1. The van der Waals surface area contributed by atoms with Gasteiger partial charge in [-0.1, -0.05) is 37.2 Å². The van der Waals surface area contributed by atoms with Gasteiger partial charge >= 0.3 is 5.97 Å². The van der Waals surface area contributed by atoms with Crippen LogP contribution in [0.1, 0.15) is 55.9 Å². The maximum atomic E-state index is 13.4. The number of benzene rings is 2. The van der Waals surface area contributed by atoms with Crippen LogP contribution in [0.2, 0.25) is 0 Å². The summed E-state index contributed by atoms with van der Waals surface area (Å²) in [5, 5.41) is 3.91. The first kappa shape index (κ1) is 24.3. The van der Waals surface area contributed by atoms with Crippen LogP contribution < -0.4 is 14.4 Å². The van der Waals surface area contributed by atoms with Crippen LogP contribution in [0.4, 0.5) is 5.69 Å². The molecule has 4 rings (SSSR count). The Bertz CT molecular complexity index is 1170. The molecule has 9 nitrogen and oxygen atoms in total. The summed E-state index contributed by atoms with van der Waals surface area (Å²) in [5.74, 6) is 0.973. The number of esters is 1. The van der Waals surface area contributed by atoms with E-state index in [-0.39, 0.29) is 30.7 Å². The lowest BCUT2D eigenvalue weighted by molar-refractivity contribution is -0.153. The Morgan fingerprint density at radius 2 is 1.86 bits per heavy atom. The predicted octanol–water partition coefficient (Wildman–Crippen LogP) is 4.44. The zero-order valence-electron chi connectivity index (χ0n) is 20.3. The molecule has 9 heteroatoms. The van der Waals surface area contributed by atoms with Crippen molar-refractivity contribution >= 4 is 17.6 Å². The number of piperidine rings is 1. The number of hydrogen-bond donors (Lipinski definition) is 0. The predicted molar refractivity (Wildman–Crippen MR) is 127 cm³/mol. The number of ether oxygens (including phenoxy) is 3. The van der Waals surface area contributed by atoms with E-state index in [0.717, 1.165) is 5.56 Å². The first-order valence-electron chi connectivity index (χ1n) is 11.5. The highest BCUT2D eigenvalue weighted by Gasteiger charge is 2.43. The molecule has 1 aromatic heterocycles. The van der Waals surface area contributed by atoms with Crippen LogP contribution in [0.5, 0.6) is 11.5 Å². The minimum absolute atomic E-state index is 0.0893. The smallest absolute Gasteiger partial charge is 0.311 e. The van der Waals surface area contributed by atoms with Gasteiger partial charge in [-0.05, 0) is 36.8 Å². The van der Waals surface area contributed by atoms with E-state index in [2.05, 4.69) is 10.1 Å². The van der Waals surface area contributed by atoms with Crippen molar-refractivity contribution in [3.8, 4) is 11.5 Å². The number of amides is 1. The van der Waals surface area contributed by atoms with Gasteiger partial charge in [-0.15, -0.1) is 0 Å². The molecule has 3 aromatic rings. The Balaban J connectivity index is 1.67. The molecule has 0 N–H and O–H groups in total. The van der Waals surface area contributed by atoms with Crippen molar-refractivity contribution in [1.82, 2.24) is 10.1 Å². The van der Waals surface area contributed by atoms with Crippen LogP contribution >= 0.6 is 0 Å². The second kappa shape index (κ2) is 10.6. The summed E-state index contributed by atoms with van der Waals surface area (Å²) in [6, 6.07) is 13.9. The van der Waals surface area contributed by atoms with Crippen molar-refractivity contribution < 1.29 is 28.3 Å². The maximum absolute atomic E-state index is 13.4. The summed E-state index contributed by atoms with van der Waals surface area (Å²) in [7, 11) is 3.15. The van der Waals surface area contributed by atoms with Gasteiger partial charge in [0.05, 0.1) is 26.2 Å². The Hall–Kier alpha value is -3.88. The fourth-order valence-corrected chi connectivity index (χ4v) is 4.25. The number of para-hydroxylation sites is 1. The van der Waals surface area contributed by atoms with Crippen LogP contribution in [0.15, 0.2) is 53.1 Å². The zero-order chi connectivity index (χ0) is 24.9. The molecule has 2 unspecified atom stereocenters. The number of aromatic nitrogens is 2. The molecule has 184 valence electrons. The van der Waals surface area contributed by atoms with Crippen LogP contribution in [-0.4, -0.2) is 36.2 Å². The van der Waals surface area contributed by atoms with E-state index in [4.69, 9.17) is 18.7 Å². The number of rotatable bonds is 8. The summed E-state index contributed by atoms with van der Waals surface area (Å²) >= 11 is 0. The van der Waals surface area contributed by atoms with E-state index in [9.17, 15) is 9.59 Å². The van der Waals surface area contributed by atoms with Gasteiger partial charge in [0.25, 0.3) is 5.89 Å². The molecule has 35 heavy (non-hydrogen) atoms. The van der Waals surface area contributed by atoms with E-state index in [1.807, 2.05) is 38.1 Å². The van der Waals surface area contributed by atoms with E-state index in [1.54, 1.807) is 43.4 Å². The average molecular weight is 480 g/mol. The normalized spacial score (nSPS) is 18.0. The molecule has 1 fully saturated rings. The van der Waals surface area contributed by atoms with Crippen molar-refractivity contribution in [3.63, 3.8) is 0 Å². The highest BCUT2D eigenvalue weighted by Crippen LogP contribution is 2.43. The third kappa shape index (κ3) is 5.13. The highest BCUT2D eigenvalue weighted by atomic mass is 16.6. The molecule has 2 atom stereocenters. The van der Waals surface area contributed by atoms with E-state index < -0.39 is 17.9 Å². The van der Waals surface area contributed by atoms with Gasteiger partial charge in [0.2, 0.25) is 5.91 Å². The Labute approximate surface area is 204 Å². The number of carbonyl (C=O) groups excluding carboxylic acids is 2. The van der Waals surface area contributed by atoms with Crippen molar-refractivity contribution in [2.75, 3.05) is 19.1 Å². The number of methoxy groups -OCH3 is 2. The molecule has 0 aliphatic carbocycles. The largest absolute Gasteiger partial charge is 0.497 e. The van der Waals surface area contributed by atoms with Gasteiger partial charge < -0.3 is 23.6 Å². The Morgan fingerprint density at radius 1 is 1.11 bits per heavy atom. The summed E-state index contributed by atoms with van der Waals surface area (Å²) in [4.78, 5) is 32.5. The minimum atomic E-state index is -0.626. The molecule has 2 aromatic carbocycles. The van der Waals surface area contributed by atoms with Gasteiger partial charge in [-0.25, -0.2) is 0 Å². The lowest BCUT2D eigenvalue weighted by Crippen LogP contribution is -2.46. The van der Waals surface area contributed by atoms with E-state index >= 15 is 0 Å². The second-order valence-corrected chi connectivity index (χ2v) is 8.60. The monoisotopic (exact) mass is 479 g/mol. The lowest BCUT2D eigenvalue weighted by Gasteiger charge is -2.40. The van der Waals surface area contributed by atoms with Crippen LogP contribution in [0, 0.1) is 5.92 Å². The quantitative estimate of drug-likeness (QED) is 0.437. The molecule has 1 aliphatic rings. The Morgan fingerprint density at radius 3 is 2.51 bits per heavy atom. The van der Waals surface area contributed by atoms with Crippen molar-refractivity contribution in [3.05, 3.63) is 65.8 Å². The van der Waals surface area contributed by atoms with Gasteiger partial charge in [0.15, 0.2) is 12.4 Å². The first-order chi connectivity index (χ1) is 16.9. The van der Waals surface area contributed by atoms with Gasteiger partial charge in [-0.3, -0.25) is 9.59 Å². The fraction of sp³-hybridized carbons (Fsp3) is 0.385. The lowest BCUT2D eigenvalue weighted by atomic mass is 9.83. The maximum Gasteiger partial charge on any atom is 0.311 e. The second-order valence-electron chi connectivity index (χ2n) is 8.60. The molecular weight excluding hydrogens is 450 g/mol. The summed E-state index contributed by atoms with van der Waals surface area (Å²) in [5.41, 5.74) is 1.38. The Kier molecular flexibility index (Phi) is 7.33. The molecule has 1 aliphatic heterocycles. The summed E-state index contributed by atoms with van der Waals surface area (Å²) in [6.45, 7) is 3.76. The summed E-state index contributed by atoms with van der Waals surface area (Å²) in [6.07, 6.45) is 0.545.